The van der Waals surface area contributed by atoms with Gasteiger partial charge in [0.25, 0.3) is 0 Å². The smallest absolute Gasteiger partial charge is 0.225 e. The Labute approximate surface area is 196 Å². The van der Waals surface area contributed by atoms with Crippen LogP contribution in [0.5, 0.6) is 0 Å². The second-order valence-electron chi connectivity index (χ2n) is 8.06. The van der Waals surface area contributed by atoms with Crippen molar-refractivity contribution in [3.8, 4) is 0 Å². The first-order valence-electron chi connectivity index (χ1n) is 10.6. The molecule has 29 heavy (non-hydrogen) atoms. The number of hydrogen-bond donors (Lipinski definition) is 2. The van der Waals surface area contributed by atoms with Crippen molar-refractivity contribution in [1.29, 1.82) is 0 Å². The zero-order valence-electron chi connectivity index (χ0n) is 17.7. The van der Waals surface area contributed by atoms with Crippen molar-refractivity contribution < 1.29 is 4.79 Å². The lowest BCUT2D eigenvalue weighted by atomic mass is 9.84. The largest absolute Gasteiger partial charge is 0.356 e. The number of carbonyl (C=O) groups excluding carboxylic acids is 1. The Hall–Kier alpha value is -0.870. The summed E-state index contributed by atoms with van der Waals surface area (Å²) >= 11 is 1.83. The van der Waals surface area contributed by atoms with Crippen LogP contribution in [0, 0.1) is 11.8 Å². The average Bonchev–Trinajstić information content (AvgIpc) is 3.16. The van der Waals surface area contributed by atoms with Gasteiger partial charge < -0.3 is 15.5 Å². The molecule has 1 aromatic heterocycles. The van der Waals surface area contributed by atoms with E-state index in [1.807, 2.05) is 18.4 Å². The molecule has 0 spiro atoms. The molecule has 3 rings (SSSR count). The highest BCUT2D eigenvalue weighted by Crippen LogP contribution is 2.28. The maximum atomic E-state index is 12.3. The molecule has 0 radical (unpaired) electrons. The second kappa shape index (κ2) is 12.7. The number of guanidine groups is 1. The fourth-order valence-electron chi connectivity index (χ4n) is 3.77. The number of nitrogens with one attached hydrogen (secondary N) is 2. The zero-order chi connectivity index (χ0) is 19.8. The lowest BCUT2D eigenvalue weighted by Gasteiger charge is -2.38. The van der Waals surface area contributed by atoms with Crippen molar-refractivity contribution in [2.45, 2.75) is 32.6 Å². The van der Waals surface area contributed by atoms with Gasteiger partial charge in [0, 0.05) is 63.7 Å². The molecule has 2 heterocycles. The van der Waals surface area contributed by atoms with E-state index in [0.717, 1.165) is 71.0 Å². The van der Waals surface area contributed by atoms with E-state index >= 15 is 0 Å². The van der Waals surface area contributed by atoms with Gasteiger partial charge >= 0.3 is 0 Å². The van der Waals surface area contributed by atoms with E-state index < -0.39 is 0 Å². The maximum absolute atomic E-state index is 12.3. The van der Waals surface area contributed by atoms with Crippen molar-refractivity contribution in [2.24, 2.45) is 16.8 Å². The molecule has 1 aliphatic carbocycles. The van der Waals surface area contributed by atoms with Gasteiger partial charge in [0.1, 0.15) is 0 Å². The third kappa shape index (κ3) is 7.71. The summed E-state index contributed by atoms with van der Waals surface area (Å²) in [4.78, 5) is 22.6. The van der Waals surface area contributed by atoms with Crippen LogP contribution in [-0.4, -0.2) is 74.5 Å². The van der Waals surface area contributed by atoms with E-state index in [1.54, 1.807) is 0 Å². The molecule has 164 valence electrons. The molecule has 2 N–H and O–H groups in total. The second-order valence-corrected chi connectivity index (χ2v) is 9.10. The Balaban J connectivity index is 0.00000300. The first-order chi connectivity index (χ1) is 13.7. The normalized spacial score (nSPS) is 19.2. The fourth-order valence-corrected chi connectivity index (χ4v) is 4.64. The van der Waals surface area contributed by atoms with Gasteiger partial charge in [-0.05, 0) is 36.6 Å². The lowest BCUT2D eigenvalue weighted by Crippen LogP contribution is -2.52. The summed E-state index contributed by atoms with van der Waals surface area (Å²) in [5.74, 6) is 2.16. The number of amides is 1. The number of thiophene rings is 1. The molecule has 2 fully saturated rings. The number of nitrogens with zero attached hydrogens (tertiary/aromatic N) is 3. The van der Waals surface area contributed by atoms with Crippen molar-refractivity contribution in [2.75, 3.05) is 52.9 Å². The van der Waals surface area contributed by atoms with Crippen molar-refractivity contribution >= 4 is 47.2 Å². The van der Waals surface area contributed by atoms with E-state index in [4.69, 9.17) is 0 Å². The molecular formula is C21H36IN5OS. The Bertz CT molecular complexity index is 627. The molecule has 1 unspecified atom stereocenters. The lowest BCUT2D eigenvalue weighted by molar-refractivity contribution is -0.139. The molecule has 1 saturated carbocycles. The molecule has 1 saturated heterocycles. The molecule has 1 atom stereocenters. The Morgan fingerprint density at radius 2 is 2.03 bits per heavy atom. The van der Waals surface area contributed by atoms with Crippen LogP contribution in [-0.2, 0) is 11.2 Å². The highest BCUT2D eigenvalue weighted by atomic mass is 127. The minimum absolute atomic E-state index is 0. The fraction of sp³-hybridized carbons (Fsp3) is 0.714. The van der Waals surface area contributed by atoms with E-state index in [2.05, 4.69) is 49.9 Å². The van der Waals surface area contributed by atoms with Gasteiger partial charge in [-0.2, -0.15) is 0 Å². The average molecular weight is 534 g/mol. The summed E-state index contributed by atoms with van der Waals surface area (Å²) in [5, 5.41) is 9.00. The first kappa shape index (κ1) is 24.4. The standard InChI is InChI=1S/C21H35N5OS.HI/c1-17(15-19-7-4-14-28-19)16-24-21(22-2)23-8-9-25-10-12-26(13-11-25)20(27)18-5-3-6-18;/h4,7,14,17-18H,3,5-6,8-13,15-16H2,1-2H3,(H2,22,23,24);1H. The number of rotatable bonds is 8. The monoisotopic (exact) mass is 533 g/mol. The quantitative estimate of drug-likeness (QED) is 0.307. The molecule has 2 aliphatic rings. The molecule has 6 nitrogen and oxygen atoms in total. The molecule has 1 amide bonds. The summed E-state index contributed by atoms with van der Waals surface area (Å²) in [5.41, 5.74) is 0. The Morgan fingerprint density at radius 1 is 1.28 bits per heavy atom. The van der Waals surface area contributed by atoms with Crippen LogP contribution in [0.4, 0.5) is 0 Å². The van der Waals surface area contributed by atoms with Gasteiger partial charge in [0.05, 0.1) is 0 Å². The van der Waals surface area contributed by atoms with Crippen LogP contribution in [0.1, 0.15) is 31.1 Å². The first-order valence-corrected chi connectivity index (χ1v) is 11.5. The number of aliphatic imine (C=N–C) groups is 1. The van der Waals surface area contributed by atoms with Gasteiger partial charge in [0.2, 0.25) is 5.91 Å². The third-order valence-corrected chi connectivity index (χ3v) is 6.73. The SMILES string of the molecule is CN=C(NCCN1CCN(C(=O)C2CCC2)CC1)NCC(C)Cc1cccs1.I. The molecule has 8 heteroatoms. The summed E-state index contributed by atoms with van der Waals surface area (Å²) < 4.78 is 0. The van der Waals surface area contributed by atoms with Gasteiger partial charge in [-0.3, -0.25) is 14.7 Å². The van der Waals surface area contributed by atoms with Crippen LogP contribution in [0.2, 0.25) is 0 Å². The molecule has 0 bridgehead atoms. The molecular weight excluding hydrogens is 497 g/mol. The highest BCUT2D eigenvalue weighted by molar-refractivity contribution is 14.0. The minimum atomic E-state index is 0. The number of carbonyl (C=O) groups is 1. The molecule has 0 aromatic carbocycles. The van der Waals surface area contributed by atoms with Gasteiger partial charge in [-0.25, -0.2) is 0 Å². The van der Waals surface area contributed by atoms with Crippen molar-refractivity contribution in [1.82, 2.24) is 20.4 Å². The number of piperazine rings is 1. The predicted molar refractivity (Wildman–Crippen MR) is 132 cm³/mol. The summed E-state index contributed by atoms with van der Waals surface area (Å²) in [7, 11) is 1.82. The minimum Gasteiger partial charge on any atom is -0.356 e. The Kier molecular flexibility index (Phi) is 10.7. The summed E-state index contributed by atoms with van der Waals surface area (Å²) in [6.07, 6.45) is 4.53. The van der Waals surface area contributed by atoms with Crippen molar-refractivity contribution in [3.63, 3.8) is 0 Å². The predicted octanol–water partition coefficient (Wildman–Crippen LogP) is 2.65. The number of halogens is 1. The topological polar surface area (TPSA) is 60.0 Å². The van der Waals surface area contributed by atoms with Gasteiger partial charge in [0.15, 0.2) is 5.96 Å². The van der Waals surface area contributed by atoms with Crippen LogP contribution in [0.25, 0.3) is 0 Å². The summed E-state index contributed by atoms with van der Waals surface area (Å²) in [6, 6.07) is 4.32. The molecule has 1 aliphatic heterocycles. The van der Waals surface area contributed by atoms with Gasteiger partial charge in [-0.15, -0.1) is 35.3 Å². The van der Waals surface area contributed by atoms with Crippen LogP contribution < -0.4 is 10.6 Å². The van der Waals surface area contributed by atoms with E-state index in [-0.39, 0.29) is 24.0 Å². The van der Waals surface area contributed by atoms with E-state index in [1.165, 1.54) is 11.3 Å². The zero-order valence-corrected chi connectivity index (χ0v) is 20.9. The Morgan fingerprint density at radius 3 is 2.62 bits per heavy atom. The van der Waals surface area contributed by atoms with Crippen LogP contribution >= 0.6 is 35.3 Å². The van der Waals surface area contributed by atoms with Crippen molar-refractivity contribution in [3.05, 3.63) is 22.4 Å². The number of hydrogen-bond acceptors (Lipinski definition) is 4. The highest BCUT2D eigenvalue weighted by Gasteiger charge is 2.30. The molecule has 1 aromatic rings. The van der Waals surface area contributed by atoms with E-state index in [9.17, 15) is 4.79 Å². The summed E-state index contributed by atoms with van der Waals surface area (Å²) in [6.45, 7) is 8.75. The maximum Gasteiger partial charge on any atom is 0.225 e. The van der Waals surface area contributed by atoms with Crippen LogP contribution in [0.3, 0.4) is 0 Å². The van der Waals surface area contributed by atoms with E-state index in [0.29, 0.717) is 17.7 Å². The van der Waals surface area contributed by atoms with Crippen LogP contribution in [0.15, 0.2) is 22.5 Å². The van der Waals surface area contributed by atoms with Gasteiger partial charge in [-0.1, -0.05) is 19.4 Å². The third-order valence-electron chi connectivity index (χ3n) is 5.83.